The third kappa shape index (κ3) is 2.60. The van der Waals surface area contributed by atoms with Gasteiger partial charge in [0.15, 0.2) is 0 Å². The van der Waals surface area contributed by atoms with Crippen LogP contribution in [0.4, 0.5) is 0 Å². The Morgan fingerprint density at radius 1 is 1.05 bits per heavy atom. The first-order chi connectivity index (χ1) is 10.2. The maximum absolute atomic E-state index is 12.0. The Morgan fingerprint density at radius 2 is 1.50 bits per heavy atom. The van der Waals surface area contributed by atoms with Crippen LogP contribution in [-0.4, -0.2) is 22.8 Å². The molecule has 0 aromatic heterocycles. The Bertz CT molecular complexity index is 572. The van der Waals surface area contributed by atoms with Gasteiger partial charge in [-0.1, -0.05) is 18.1 Å². The summed E-state index contributed by atoms with van der Waals surface area (Å²) in [6, 6.07) is 0. The zero-order chi connectivity index (χ0) is 16.7. The smallest absolute Gasteiger partial charge is 0.330 e. The number of hydroxylamine groups is 2. The van der Waals surface area contributed by atoms with Gasteiger partial charge in [0, 0.05) is 24.7 Å². The summed E-state index contributed by atoms with van der Waals surface area (Å²) in [6.07, 6.45) is 1.01. The SMILES string of the molecule is CC1=C(C)C(C)(CCC(=O)ON2C(=O)CCC2=O)C(C)=C1C. The average Bonchev–Trinajstić information content (AvgIpc) is 2.87. The summed E-state index contributed by atoms with van der Waals surface area (Å²) in [7, 11) is 0. The minimum atomic E-state index is -0.535. The van der Waals surface area contributed by atoms with E-state index in [2.05, 4.69) is 34.6 Å². The Kier molecular flexibility index (Phi) is 4.27. The maximum Gasteiger partial charge on any atom is 0.333 e. The van der Waals surface area contributed by atoms with Gasteiger partial charge in [0.1, 0.15) is 0 Å². The van der Waals surface area contributed by atoms with Gasteiger partial charge in [-0.25, -0.2) is 4.79 Å². The number of nitrogens with zero attached hydrogens (tertiary/aromatic N) is 1. The predicted molar refractivity (Wildman–Crippen MR) is 81.3 cm³/mol. The third-order valence-corrected chi connectivity index (χ3v) is 5.37. The number of carbonyl (C=O) groups excluding carboxylic acids is 3. The van der Waals surface area contributed by atoms with Crippen molar-refractivity contribution in [3.05, 3.63) is 22.3 Å². The molecular formula is C17H23NO4. The molecule has 22 heavy (non-hydrogen) atoms. The van der Waals surface area contributed by atoms with Crippen LogP contribution < -0.4 is 0 Å². The summed E-state index contributed by atoms with van der Waals surface area (Å²) < 4.78 is 0. The van der Waals surface area contributed by atoms with Gasteiger partial charge < -0.3 is 4.84 Å². The van der Waals surface area contributed by atoms with Gasteiger partial charge in [-0.15, -0.1) is 5.06 Å². The van der Waals surface area contributed by atoms with Crippen LogP contribution >= 0.6 is 0 Å². The molecule has 1 saturated heterocycles. The zero-order valence-electron chi connectivity index (χ0n) is 13.9. The lowest BCUT2D eigenvalue weighted by Crippen LogP contribution is -2.32. The van der Waals surface area contributed by atoms with E-state index in [1.54, 1.807) is 0 Å². The van der Waals surface area contributed by atoms with Crippen molar-refractivity contribution < 1.29 is 19.2 Å². The molecule has 0 radical (unpaired) electrons. The molecule has 2 amide bonds. The van der Waals surface area contributed by atoms with Crippen molar-refractivity contribution >= 4 is 17.8 Å². The number of hydrogen-bond acceptors (Lipinski definition) is 4. The second-order valence-electron chi connectivity index (χ2n) is 6.38. The van der Waals surface area contributed by atoms with Crippen LogP contribution in [0.15, 0.2) is 22.3 Å². The molecule has 1 fully saturated rings. The molecule has 0 aromatic rings. The summed E-state index contributed by atoms with van der Waals surface area (Å²) in [6.45, 7) is 10.5. The van der Waals surface area contributed by atoms with Crippen molar-refractivity contribution in [1.82, 2.24) is 5.06 Å². The molecule has 0 bridgehead atoms. The van der Waals surface area contributed by atoms with Crippen LogP contribution in [0.1, 0.15) is 60.3 Å². The predicted octanol–water partition coefficient (Wildman–Crippen LogP) is 3.07. The molecule has 1 heterocycles. The Labute approximate surface area is 130 Å². The first-order valence-electron chi connectivity index (χ1n) is 7.61. The number of hydrogen-bond donors (Lipinski definition) is 0. The second-order valence-corrected chi connectivity index (χ2v) is 6.38. The largest absolute Gasteiger partial charge is 0.333 e. The van der Waals surface area contributed by atoms with Gasteiger partial charge in [-0.2, -0.15) is 0 Å². The van der Waals surface area contributed by atoms with Gasteiger partial charge in [-0.05, 0) is 45.3 Å². The van der Waals surface area contributed by atoms with E-state index in [1.807, 2.05) is 0 Å². The fourth-order valence-electron chi connectivity index (χ4n) is 3.20. The molecule has 1 aliphatic heterocycles. The molecule has 1 aliphatic carbocycles. The van der Waals surface area contributed by atoms with E-state index in [0.717, 1.165) is 0 Å². The fraction of sp³-hybridized carbons (Fsp3) is 0.588. The van der Waals surface area contributed by atoms with Crippen LogP contribution in [-0.2, 0) is 19.2 Å². The van der Waals surface area contributed by atoms with Crippen LogP contribution in [0.5, 0.6) is 0 Å². The first-order valence-corrected chi connectivity index (χ1v) is 7.61. The number of allylic oxidation sites excluding steroid dienone is 4. The lowest BCUT2D eigenvalue weighted by Gasteiger charge is -2.29. The molecule has 0 N–H and O–H groups in total. The van der Waals surface area contributed by atoms with Crippen molar-refractivity contribution in [3.8, 4) is 0 Å². The van der Waals surface area contributed by atoms with Crippen molar-refractivity contribution in [2.45, 2.75) is 60.3 Å². The quantitative estimate of drug-likeness (QED) is 0.749. The van der Waals surface area contributed by atoms with Crippen molar-refractivity contribution in [1.29, 1.82) is 0 Å². The summed E-state index contributed by atoms with van der Waals surface area (Å²) >= 11 is 0. The zero-order valence-corrected chi connectivity index (χ0v) is 13.9. The normalized spacial score (nSPS) is 21.2. The highest BCUT2D eigenvalue weighted by atomic mass is 16.7. The van der Waals surface area contributed by atoms with E-state index in [-0.39, 0.29) is 24.7 Å². The van der Waals surface area contributed by atoms with E-state index < -0.39 is 17.8 Å². The van der Waals surface area contributed by atoms with Crippen molar-refractivity contribution in [2.24, 2.45) is 5.41 Å². The van der Waals surface area contributed by atoms with Crippen LogP contribution in [0.2, 0.25) is 0 Å². The summed E-state index contributed by atoms with van der Waals surface area (Å²) in [5.74, 6) is -1.42. The molecule has 5 heteroatoms. The van der Waals surface area contributed by atoms with Gasteiger partial charge in [-0.3, -0.25) is 9.59 Å². The average molecular weight is 305 g/mol. The molecule has 0 spiro atoms. The molecule has 0 saturated carbocycles. The monoisotopic (exact) mass is 305 g/mol. The molecule has 2 aliphatic rings. The highest BCUT2D eigenvalue weighted by Gasteiger charge is 2.37. The van der Waals surface area contributed by atoms with Crippen molar-refractivity contribution in [2.75, 3.05) is 0 Å². The molecule has 0 atom stereocenters. The lowest BCUT2D eigenvalue weighted by atomic mass is 9.76. The van der Waals surface area contributed by atoms with E-state index in [0.29, 0.717) is 11.5 Å². The van der Waals surface area contributed by atoms with Crippen LogP contribution in [0, 0.1) is 5.41 Å². The topological polar surface area (TPSA) is 63.7 Å². The maximum atomic E-state index is 12.0. The van der Waals surface area contributed by atoms with Gasteiger partial charge in [0.05, 0.1) is 0 Å². The lowest BCUT2D eigenvalue weighted by molar-refractivity contribution is -0.197. The molecule has 0 unspecified atom stereocenters. The second kappa shape index (κ2) is 5.71. The Morgan fingerprint density at radius 3 is 1.95 bits per heavy atom. The van der Waals surface area contributed by atoms with E-state index in [4.69, 9.17) is 4.84 Å². The number of imide groups is 1. The van der Waals surface area contributed by atoms with Crippen molar-refractivity contribution in [3.63, 3.8) is 0 Å². The van der Waals surface area contributed by atoms with E-state index in [1.165, 1.54) is 22.3 Å². The standard InChI is InChI=1S/C17H23NO4/c1-10-11(2)13(4)17(5,12(10)3)9-8-16(21)22-18-14(19)6-7-15(18)20/h6-9H2,1-5H3. The molecule has 5 nitrogen and oxygen atoms in total. The van der Waals surface area contributed by atoms with Gasteiger partial charge in [0.2, 0.25) is 0 Å². The fourth-order valence-corrected chi connectivity index (χ4v) is 3.20. The third-order valence-electron chi connectivity index (χ3n) is 5.37. The number of carbonyl (C=O) groups is 3. The Hall–Kier alpha value is -1.91. The first kappa shape index (κ1) is 16.5. The Balaban J connectivity index is 2.00. The number of amides is 2. The van der Waals surface area contributed by atoms with Gasteiger partial charge in [0.25, 0.3) is 11.8 Å². The highest BCUT2D eigenvalue weighted by molar-refractivity contribution is 6.01. The molecule has 120 valence electrons. The minimum Gasteiger partial charge on any atom is -0.330 e. The highest BCUT2D eigenvalue weighted by Crippen LogP contribution is 2.49. The van der Waals surface area contributed by atoms with Crippen LogP contribution in [0.3, 0.4) is 0 Å². The minimum absolute atomic E-state index is 0.117. The van der Waals surface area contributed by atoms with Crippen LogP contribution in [0.25, 0.3) is 0 Å². The van der Waals surface area contributed by atoms with E-state index in [9.17, 15) is 14.4 Å². The molecule has 2 rings (SSSR count). The summed E-state index contributed by atoms with van der Waals surface area (Å²) in [5, 5.41) is 0.612. The van der Waals surface area contributed by atoms with Gasteiger partial charge >= 0.3 is 5.97 Å². The molecule has 0 aromatic carbocycles. The molecular weight excluding hydrogens is 282 g/mol. The number of rotatable bonds is 4. The van der Waals surface area contributed by atoms with E-state index >= 15 is 0 Å². The summed E-state index contributed by atoms with van der Waals surface area (Å²) in [4.78, 5) is 39.8. The summed E-state index contributed by atoms with van der Waals surface area (Å²) in [5.41, 5.74) is 4.93.